The van der Waals surface area contributed by atoms with Gasteiger partial charge in [-0.05, 0) is 54.8 Å². The Morgan fingerprint density at radius 2 is 1.82 bits per heavy atom. The van der Waals surface area contributed by atoms with Crippen molar-refractivity contribution < 1.29 is 19.4 Å². The van der Waals surface area contributed by atoms with Crippen LogP contribution in [0.2, 0.25) is 0 Å². The van der Waals surface area contributed by atoms with Gasteiger partial charge in [0.15, 0.2) is 0 Å². The third-order valence-electron chi connectivity index (χ3n) is 4.16. The molecule has 2 rings (SSSR count). The number of benzene rings is 2. The Labute approximate surface area is 164 Å². The number of rotatable bonds is 8. The first-order valence-electron chi connectivity index (χ1n) is 8.92. The quantitative estimate of drug-likeness (QED) is 0.684. The molecule has 0 radical (unpaired) electrons. The van der Waals surface area contributed by atoms with E-state index in [1.54, 1.807) is 24.3 Å². The highest BCUT2D eigenvalue weighted by molar-refractivity contribution is 6.01. The molecular formula is C21H23N3O4. The topological polar surface area (TPSA) is 103 Å². The van der Waals surface area contributed by atoms with Gasteiger partial charge in [-0.3, -0.25) is 9.69 Å². The van der Waals surface area contributed by atoms with Gasteiger partial charge in [-0.1, -0.05) is 12.1 Å². The van der Waals surface area contributed by atoms with Crippen molar-refractivity contribution in [1.82, 2.24) is 0 Å². The van der Waals surface area contributed by atoms with Crippen LogP contribution in [0.1, 0.15) is 24.0 Å². The lowest BCUT2D eigenvalue weighted by Crippen LogP contribution is -2.37. The molecule has 0 saturated carbocycles. The van der Waals surface area contributed by atoms with Crippen LogP contribution in [-0.4, -0.2) is 37.4 Å². The van der Waals surface area contributed by atoms with Crippen molar-refractivity contribution in [3.63, 3.8) is 0 Å². The van der Waals surface area contributed by atoms with E-state index in [1.165, 1.54) is 12.0 Å². The van der Waals surface area contributed by atoms with Crippen molar-refractivity contribution in [2.75, 3.05) is 30.5 Å². The number of carbonyl (C=O) groups is 2. The number of aryl methyl sites for hydroxylation is 1. The number of anilines is 2. The van der Waals surface area contributed by atoms with E-state index in [4.69, 9.17) is 5.26 Å². The summed E-state index contributed by atoms with van der Waals surface area (Å²) in [7, 11) is 1.37. The molecule has 0 saturated heterocycles. The first kappa shape index (κ1) is 20.9. The van der Waals surface area contributed by atoms with Gasteiger partial charge in [-0.2, -0.15) is 5.26 Å². The summed E-state index contributed by atoms with van der Waals surface area (Å²) in [5.41, 5.74) is 2.76. The average Bonchev–Trinajstić information content (AvgIpc) is 2.73. The lowest BCUT2D eigenvalue weighted by molar-refractivity contribution is -0.140. The zero-order chi connectivity index (χ0) is 20.4. The van der Waals surface area contributed by atoms with Gasteiger partial charge in [-0.15, -0.1) is 0 Å². The summed E-state index contributed by atoms with van der Waals surface area (Å²) in [5.74, 6) is -0.231. The molecule has 0 fully saturated rings. The van der Waals surface area contributed by atoms with Crippen molar-refractivity contribution in [1.29, 1.82) is 5.26 Å². The molecule has 0 atom stereocenters. The highest BCUT2D eigenvalue weighted by Gasteiger charge is 2.15. The normalized spacial score (nSPS) is 10.0. The van der Waals surface area contributed by atoms with Gasteiger partial charge in [0.05, 0.1) is 31.9 Å². The monoisotopic (exact) mass is 381 g/mol. The summed E-state index contributed by atoms with van der Waals surface area (Å²) in [6, 6.07) is 15.6. The van der Waals surface area contributed by atoms with E-state index in [1.807, 2.05) is 30.3 Å². The molecule has 0 heterocycles. The average molecular weight is 381 g/mol. The standard InChI is InChI=1S/C21H23N3O4/c1-28-20(26)4-2-3-16-7-11-19(12-8-16)24(13-14-25)21(27)23-18-9-5-17(15-22)6-10-18/h5-12,25H,2-4,13-14H2,1H3,(H,23,27). The van der Waals surface area contributed by atoms with Gasteiger partial charge in [0.2, 0.25) is 0 Å². The van der Waals surface area contributed by atoms with E-state index >= 15 is 0 Å². The number of nitrogens with one attached hydrogen (secondary N) is 1. The van der Waals surface area contributed by atoms with E-state index in [-0.39, 0.29) is 25.2 Å². The number of aliphatic hydroxyl groups excluding tert-OH is 1. The number of amides is 2. The summed E-state index contributed by atoms with van der Waals surface area (Å²) in [4.78, 5) is 25.2. The number of nitriles is 1. The Kier molecular flexibility index (Phi) is 8.00. The molecule has 0 bridgehead atoms. The van der Waals surface area contributed by atoms with E-state index in [0.717, 1.165) is 12.0 Å². The van der Waals surface area contributed by atoms with Crippen molar-refractivity contribution in [3.05, 3.63) is 59.7 Å². The maximum atomic E-state index is 12.6. The molecule has 0 aromatic heterocycles. The Morgan fingerprint density at radius 3 is 2.39 bits per heavy atom. The fraction of sp³-hybridized carbons (Fsp3) is 0.286. The van der Waals surface area contributed by atoms with Gasteiger partial charge >= 0.3 is 12.0 Å². The Hall–Kier alpha value is -3.37. The molecule has 0 spiro atoms. The summed E-state index contributed by atoms with van der Waals surface area (Å²) < 4.78 is 4.62. The number of urea groups is 1. The van der Waals surface area contributed by atoms with Crippen molar-refractivity contribution >= 4 is 23.4 Å². The third kappa shape index (κ3) is 6.11. The summed E-state index contributed by atoms with van der Waals surface area (Å²) >= 11 is 0. The number of carbonyl (C=O) groups excluding carboxylic acids is 2. The van der Waals surface area contributed by atoms with Crippen molar-refractivity contribution in [2.24, 2.45) is 0 Å². The smallest absolute Gasteiger partial charge is 0.326 e. The second-order valence-electron chi connectivity index (χ2n) is 6.09. The van der Waals surface area contributed by atoms with Crippen molar-refractivity contribution in [2.45, 2.75) is 19.3 Å². The minimum absolute atomic E-state index is 0.143. The van der Waals surface area contributed by atoms with E-state index in [9.17, 15) is 14.7 Å². The predicted octanol–water partition coefficient (Wildman–Crippen LogP) is 3.08. The second-order valence-corrected chi connectivity index (χ2v) is 6.09. The number of hydrogen-bond donors (Lipinski definition) is 2. The Bertz CT molecular complexity index is 826. The molecule has 2 amide bonds. The number of methoxy groups -OCH3 is 1. The Balaban J connectivity index is 2.02. The minimum atomic E-state index is -0.378. The SMILES string of the molecule is COC(=O)CCCc1ccc(N(CCO)C(=O)Nc2ccc(C#N)cc2)cc1. The van der Waals surface area contributed by atoms with Gasteiger partial charge < -0.3 is 15.2 Å². The van der Waals surface area contributed by atoms with E-state index in [0.29, 0.717) is 29.8 Å². The minimum Gasteiger partial charge on any atom is -0.469 e. The van der Waals surface area contributed by atoms with Gasteiger partial charge in [0.1, 0.15) is 0 Å². The third-order valence-corrected chi connectivity index (χ3v) is 4.16. The lowest BCUT2D eigenvalue weighted by Gasteiger charge is -2.22. The first-order chi connectivity index (χ1) is 13.6. The van der Waals surface area contributed by atoms with Gasteiger partial charge in [0, 0.05) is 17.8 Å². The largest absolute Gasteiger partial charge is 0.469 e. The molecule has 146 valence electrons. The molecule has 7 heteroatoms. The Morgan fingerprint density at radius 1 is 1.14 bits per heavy atom. The number of ether oxygens (including phenoxy) is 1. The predicted molar refractivity (Wildman–Crippen MR) is 106 cm³/mol. The lowest BCUT2D eigenvalue weighted by atomic mass is 10.1. The van der Waals surface area contributed by atoms with Gasteiger partial charge in [0.25, 0.3) is 0 Å². The zero-order valence-corrected chi connectivity index (χ0v) is 15.7. The first-order valence-corrected chi connectivity index (χ1v) is 8.92. The highest BCUT2D eigenvalue weighted by Crippen LogP contribution is 2.18. The number of esters is 1. The number of hydrogen-bond acceptors (Lipinski definition) is 5. The molecular weight excluding hydrogens is 358 g/mol. The highest BCUT2D eigenvalue weighted by atomic mass is 16.5. The molecule has 7 nitrogen and oxygen atoms in total. The van der Waals surface area contributed by atoms with Crippen LogP contribution in [0.3, 0.4) is 0 Å². The molecule has 0 aliphatic heterocycles. The van der Waals surface area contributed by atoms with Crippen LogP contribution in [0.25, 0.3) is 0 Å². The molecule has 2 aromatic rings. The molecule has 2 aromatic carbocycles. The summed E-state index contributed by atoms with van der Waals surface area (Å²) in [5, 5.41) is 20.9. The molecule has 2 N–H and O–H groups in total. The molecule has 0 aliphatic carbocycles. The molecule has 0 aliphatic rings. The van der Waals surface area contributed by atoms with Gasteiger partial charge in [-0.25, -0.2) is 4.79 Å². The fourth-order valence-electron chi connectivity index (χ4n) is 2.65. The number of nitrogens with zero attached hydrogens (tertiary/aromatic N) is 2. The fourth-order valence-corrected chi connectivity index (χ4v) is 2.65. The van der Waals surface area contributed by atoms with Crippen LogP contribution in [0.5, 0.6) is 0 Å². The van der Waals surface area contributed by atoms with E-state index < -0.39 is 0 Å². The zero-order valence-electron chi connectivity index (χ0n) is 15.7. The van der Waals surface area contributed by atoms with Crippen molar-refractivity contribution in [3.8, 4) is 6.07 Å². The summed E-state index contributed by atoms with van der Waals surface area (Å²) in [6.45, 7) is -0.0362. The van der Waals surface area contributed by atoms with Crippen LogP contribution >= 0.6 is 0 Å². The number of aliphatic hydroxyl groups is 1. The molecule has 28 heavy (non-hydrogen) atoms. The maximum Gasteiger partial charge on any atom is 0.326 e. The van der Waals surface area contributed by atoms with Crippen LogP contribution in [0.15, 0.2) is 48.5 Å². The summed E-state index contributed by atoms with van der Waals surface area (Å²) in [6.07, 6.45) is 1.78. The van der Waals surface area contributed by atoms with Crippen LogP contribution in [0, 0.1) is 11.3 Å². The van der Waals surface area contributed by atoms with Crippen LogP contribution < -0.4 is 10.2 Å². The van der Waals surface area contributed by atoms with Crippen LogP contribution in [0.4, 0.5) is 16.2 Å². The maximum absolute atomic E-state index is 12.6. The second kappa shape index (κ2) is 10.7. The molecule has 0 unspecified atom stereocenters. The van der Waals surface area contributed by atoms with E-state index in [2.05, 4.69) is 10.1 Å². The van der Waals surface area contributed by atoms with Crippen LogP contribution in [-0.2, 0) is 16.0 Å².